The topological polar surface area (TPSA) is 66.5 Å². The standard InChI is InChI=1S/C25H27FN4O2/c1-18(29-22-5-7-24-19(14-22)3-2-10-27-24)15-30-11-8-23(9-12-30)32-16-20-13-21(26)4-6-25(20)28-17-31/h2-7,10,13-14,17,23,29H,1,8-9,11-12,15-16H2,(H,28,31). The van der Waals surface area contributed by atoms with Gasteiger partial charge in [-0.1, -0.05) is 12.6 Å². The van der Waals surface area contributed by atoms with E-state index in [0.29, 0.717) is 17.7 Å². The van der Waals surface area contributed by atoms with Crippen LogP contribution in [0.25, 0.3) is 10.9 Å². The van der Waals surface area contributed by atoms with Gasteiger partial charge in [0, 0.05) is 53.9 Å². The summed E-state index contributed by atoms with van der Waals surface area (Å²) in [6.45, 7) is 7.01. The molecule has 0 saturated carbocycles. The van der Waals surface area contributed by atoms with Crippen molar-refractivity contribution in [1.29, 1.82) is 0 Å². The molecule has 166 valence electrons. The normalized spacial score (nSPS) is 14.9. The molecular formula is C25H27FN4O2. The second-order valence-electron chi connectivity index (χ2n) is 7.99. The van der Waals surface area contributed by atoms with Crippen LogP contribution in [0.3, 0.4) is 0 Å². The maximum absolute atomic E-state index is 13.6. The Kier molecular flexibility index (Phi) is 7.09. The lowest BCUT2D eigenvalue weighted by atomic mass is 10.1. The summed E-state index contributed by atoms with van der Waals surface area (Å²) in [5, 5.41) is 7.08. The van der Waals surface area contributed by atoms with Crippen molar-refractivity contribution in [2.24, 2.45) is 0 Å². The molecule has 1 aliphatic heterocycles. The molecule has 3 aromatic rings. The van der Waals surface area contributed by atoms with E-state index in [0.717, 1.165) is 54.8 Å². The lowest BCUT2D eigenvalue weighted by Gasteiger charge is -2.32. The number of hydrogen-bond donors (Lipinski definition) is 2. The Bertz CT molecular complexity index is 1100. The van der Waals surface area contributed by atoms with Crippen LogP contribution in [0.4, 0.5) is 15.8 Å². The maximum atomic E-state index is 13.6. The summed E-state index contributed by atoms with van der Waals surface area (Å²) in [7, 11) is 0. The van der Waals surface area contributed by atoms with Crippen LogP contribution in [0.5, 0.6) is 0 Å². The first-order chi connectivity index (χ1) is 15.6. The Balaban J connectivity index is 1.23. The number of fused-ring (bicyclic) bond motifs is 1. The van der Waals surface area contributed by atoms with E-state index in [2.05, 4.69) is 33.2 Å². The van der Waals surface area contributed by atoms with Crippen LogP contribution in [0, 0.1) is 5.82 Å². The molecule has 1 aromatic heterocycles. The molecule has 2 aromatic carbocycles. The van der Waals surface area contributed by atoms with E-state index in [-0.39, 0.29) is 18.5 Å². The molecule has 2 heterocycles. The number of amides is 1. The molecule has 1 fully saturated rings. The van der Waals surface area contributed by atoms with E-state index in [1.165, 1.54) is 12.1 Å². The van der Waals surface area contributed by atoms with E-state index in [4.69, 9.17) is 4.74 Å². The summed E-state index contributed by atoms with van der Waals surface area (Å²) in [6, 6.07) is 14.3. The Hall–Kier alpha value is -3.29. The van der Waals surface area contributed by atoms with Gasteiger partial charge in [-0.25, -0.2) is 4.39 Å². The monoisotopic (exact) mass is 434 g/mol. The third-order valence-electron chi connectivity index (χ3n) is 5.63. The molecule has 2 N–H and O–H groups in total. The molecular weight excluding hydrogens is 407 g/mol. The number of pyridine rings is 1. The number of anilines is 2. The minimum Gasteiger partial charge on any atom is -0.373 e. The number of nitrogens with one attached hydrogen (secondary N) is 2. The predicted octanol–water partition coefficient (Wildman–Crippen LogP) is 4.55. The van der Waals surface area contributed by atoms with Gasteiger partial charge >= 0.3 is 0 Å². The fraction of sp³-hybridized carbons (Fsp3) is 0.280. The molecule has 7 heteroatoms. The van der Waals surface area contributed by atoms with Gasteiger partial charge in [-0.15, -0.1) is 0 Å². The van der Waals surface area contributed by atoms with Crippen molar-refractivity contribution in [3.05, 3.63) is 78.4 Å². The van der Waals surface area contributed by atoms with E-state index >= 15 is 0 Å². The first-order valence-corrected chi connectivity index (χ1v) is 10.7. The van der Waals surface area contributed by atoms with Gasteiger partial charge < -0.3 is 15.4 Å². The minimum atomic E-state index is -0.344. The summed E-state index contributed by atoms with van der Waals surface area (Å²) in [4.78, 5) is 17.4. The van der Waals surface area contributed by atoms with Crippen LogP contribution >= 0.6 is 0 Å². The number of halogens is 1. The molecule has 0 spiro atoms. The Morgan fingerprint density at radius 3 is 2.88 bits per heavy atom. The summed E-state index contributed by atoms with van der Waals surface area (Å²) >= 11 is 0. The highest BCUT2D eigenvalue weighted by atomic mass is 19.1. The molecule has 0 atom stereocenters. The number of likely N-dealkylation sites (tertiary alicyclic amines) is 1. The Morgan fingerprint density at radius 2 is 2.06 bits per heavy atom. The first kappa shape index (κ1) is 21.9. The zero-order valence-corrected chi connectivity index (χ0v) is 17.9. The third-order valence-corrected chi connectivity index (χ3v) is 5.63. The van der Waals surface area contributed by atoms with Gasteiger partial charge in [-0.2, -0.15) is 0 Å². The Morgan fingerprint density at radius 1 is 1.22 bits per heavy atom. The number of carbonyl (C=O) groups is 1. The van der Waals surface area contributed by atoms with Crippen LogP contribution in [0.15, 0.2) is 67.0 Å². The molecule has 0 radical (unpaired) electrons. The van der Waals surface area contributed by atoms with Gasteiger partial charge in [0.25, 0.3) is 0 Å². The van der Waals surface area contributed by atoms with E-state index in [9.17, 15) is 9.18 Å². The van der Waals surface area contributed by atoms with Crippen molar-refractivity contribution in [3.8, 4) is 0 Å². The van der Waals surface area contributed by atoms with Gasteiger partial charge in [-0.3, -0.25) is 14.7 Å². The molecule has 1 amide bonds. The number of piperidine rings is 1. The Labute approximate surface area is 187 Å². The number of nitrogens with zero attached hydrogens (tertiary/aromatic N) is 2. The zero-order valence-electron chi connectivity index (χ0n) is 17.9. The largest absolute Gasteiger partial charge is 0.373 e. The zero-order chi connectivity index (χ0) is 22.3. The molecule has 0 unspecified atom stereocenters. The smallest absolute Gasteiger partial charge is 0.211 e. The minimum absolute atomic E-state index is 0.104. The van der Waals surface area contributed by atoms with E-state index in [1.54, 1.807) is 12.3 Å². The molecule has 1 aliphatic rings. The summed E-state index contributed by atoms with van der Waals surface area (Å²) in [5.41, 5.74) is 4.13. The molecule has 4 rings (SSSR count). The van der Waals surface area contributed by atoms with Crippen LogP contribution < -0.4 is 10.6 Å². The fourth-order valence-corrected chi connectivity index (χ4v) is 3.99. The predicted molar refractivity (Wildman–Crippen MR) is 125 cm³/mol. The third kappa shape index (κ3) is 5.69. The second-order valence-corrected chi connectivity index (χ2v) is 7.99. The number of benzene rings is 2. The molecule has 1 saturated heterocycles. The highest BCUT2D eigenvalue weighted by Crippen LogP contribution is 2.22. The van der Waals surface area contributed by atoms with Crippen molar-refractivity contribution in [2.75, 3.05) is 30.3 Å². The van der Waals surface area contributed by atoms with Crippen molar-refractivity contribution >= 4 is 28.7 Å². The van der Waals surface area contributed by atoms with Crippen molar-refractivity contribution < 1.29 is 13.9 Å². The van der Waals surface area contributed by atoms with E-state index in [1.807, 2.05) is 24.3 Å². The van der Waals surface area contributed by atoms with Gasteiger partial charge in [0.1, 0.15) is 5.82 Å². The molecule has 0 bridgehead atoms. The van der Waals surface area contributed by atoms with Crippen molar-refractivity contribution in [2.45, 2.75) is 25.6 Å². The van der Waals surface area contributed by atoms with Gasteiger partial charge in [-0.05, 0) is 55.3 Å². The van der Waals surface area contributed by atoms with Crippen LogP contribution in [-0.4, -0.2) is 42.0 Å². The quantitative estimate of drug-likeness (QED) is 0.484. The average molecular weight is 435 g/mol. The lowest BCUT2D eigenvalue weighted by molar-refractivity contribution is -0.105. The van der Waals surface area contributed by atoms with E-state index < -0.39 is 0 Å². The molecule has 6 nitrogen and oxygen atoms in total. The number of ether oxygens (including phenoxy) is 1. The SMILES string of the molecule is C=C(CN1CCC(OCc2cc(F)ccc2NC=O)CC1)Nc1ccc2ncccc2c1. The van der Waals surface area contributed by atoms with Gasteiger partial charge in [0.15, 0.2) is 0 Å². The number of carbonyl (C=O) groups excluding carboxylic acids is 1. The molecule has 32 heavy (non-hydrogen) atoms. The van der Waals surface area contributed by atoms with Crippen molar-refractivity contribution in [1.82, 2.24) is 9.88 Å². The average Bonchev–Trinajstić information content (AvgIpc) is 2.80. The lowest BCUT2D eigenvalue weighted by Crippen LogP contribution is -2.38. The van der Waals surface area contributed by atoms with Crippen molar-refractivity contribution in [3.63, 3.8) is 0 Å². The van der Waals surface area contributed by atoms with Crippen LogP contribution in [0.1, 0.15) is 18.4 Å². The first-order valence-electron chi connectivity index (χ1n) is 10.7. The summed E-state index contributed by atoms with van der Waals surface area (Å²) in [6.07, 6.45) is 4.26. The highest BCUT2D eigenvalue weighted by molar-refractivity contribution is 5.82. The number of aromatic nitrogens is 1. The number of rotatable bonds is 9. The number of hydrogen-bond acceptors (Lipinski definition) is 5. The van der Waals surface area contributed by atoms with Crippen LogP contribution in [-0.2, 0) is 16.1 Å². The molecule has 0 aliphatic carbocycles. The van der Waals surface area contributed by atoms with Crippen LogP contribution in [0.2, 0.25) is 0 Å². The fourth-order valence-electron chi connectivity index (χ4n) is 3.99. The summed E-state index contributed by atoms with van der Waals surface area (Å²) < 4.78 is 19.6. The maximum Gasteiger partial charge on any atom is 0.211 e. The second kappa shape index (κ2) is 10.3. The summed E-state index contributed by atoms with van der Waals surface area (Å²) in [5.74, 6) is -0.344. The van der Waals surface area contributed by atoms with Gasteiger partial charge in [0.2, 0.25) is 6.41 Å². The van der Waals surface area contributed by atoms with Gasteiger partial charge in [0.05, 0.1) is 18.2 Å². The highest BCUT2D eigenvalue weighted by Gasteiger charge is 2.20.